The van der Waals surface area contributed by atoms with E-state index in [2.05, 4.69) is 16.3 Å². The molecule has 3 N–H and O–H groups in total. The molecule has 0 bridgehead atoms. The standard InChI is InChI=1S/C12H10N4OS2/c13-5-6-1-2-7-4-9(10(17)8(7)3-6)18-12-16-15-11(14)19-12/h1-3,9-10,17H,4H2,(H2,14,15)/t9-,10+/m1/s1. The molecule has 1 aromatic heterocycles. The Morgan fingerprint density at radius 2 is 2.32 bits per heavy atom. The summed E-state index contributed by atoms with van der Waals surface area (Å²) in [6, 6.07) is 7.54. The van der Waals surface area contributed by atoms with Crippen molar-refractivity contribution < 1.29 is 5.11 Å². The second kappa shape index (κ2) is 4.81. The Hall–Kier alpha value is -1.62. The van der Waals surface area contributed by atoms with Crippen molar-refractivity contribution in [3.05, 3.63) is 34.9 Å². The third-order valence-corrected chi connectivity index (χ3v) is 5.14. The molecule has 0 unspecified atom stereocenters. The molecule has 1 aliphatic rings. The van der Waals surface area contributed by atoms with Crippen LogP contribution in [0, 0.1) is 11.3 Å². The van der Waals surface area contributed by atoms with Crippen molar-refractivity contribution in [1.29, 1.82) is 5.26 Å². The number of anilines is 1. The number of fused-ring (bicyclic) bond motifs is 1. The summed E-state index contributed by atoms with van der Waals surface area (Å²) in [7, 11) is 0. The van der Waals surface area contributed by atoms with Crippen LogP contribution in [0.5, 0.6) is 0 Å². The quantitative estimate of drug-likeness (QED) is 0.874. The number of rotatable bonds is 2. The maximum absolute atomic E-state index is 10.3. The average Bonchev–Trinajstić information content (AvgIpc) is 2.95. The number of nitriles is 1. The normalized spacial score (nSPS) is 21.1. The lowest BCUT2D eigenvalue weighted by Crippen LogP contribution is -2.09. The first kappa shape index (κ1) is 12.4. The van der Waals surface area contributed by atoms with Crippen molar-refractivity contribution in [3.63, 3.8) is 0 Å². The highest BCUT2D eigenvalue weighted by Gasteiger charge is 2.32. The molecule has 2 aromatic rings. The Bertz CT molecular complexity index is 664. The molecule has 0 amide bonds. The van der Waals surface area contributed by atoms with Gasteiger partial charge in [-0.15, -0.1) is 10.2 Å². The number of nitrogen functional groups attached to an aromatic ring is 1. The number of aromatic nitrogens is 2. The summed E-state index contributed by atoms with van der Waals surface area (Å²) in [5, 5.41) is 27.4. The Kier molecular flexibility index (Phi) is 3.14. The Morgan fingerprint density at radius 1 is 1.47 bits per heavy atom. The van der Waals surface area contributed by atoms with E-state index in [9.17, 15) is 5.11 Å². The van der Waals surface area contributed by atoms with Crippen LogP contribution in [0.1, 0.15) is 22.8 Å². The van der Waals surface area contributed by atoms with Gasteiger partial charge in [0.2, 0.25) is 5.13 Å². The number of thioether (sulfide) groups is 1. The third kappa shape index (κ3) is 2.30. The van der Waals surface area contributed by atoms with Gasteiger partial charge in [-0.05, 0) is 29.7 Å². The second-order valence-corrected chi connectivity index (χ2v) is 6.73. The van der Waals surface area contributed by atoms with Crippen LogP contribution in [0.25, 0.3) is 0 Å². The third-order valence-electron chi connectivity index (χ3n) is 3.04. The fraction of sp³-hybridized carbons (Fsp3) is 0.250. The molecule has 0 saturated heterocycles. The van der Waals surface area contributed by atoms with Crippen LogP contribution in [0.2, 0.25) is 0 Å². The lowest BCUT2D eigenvalue weighted by atomic mass is 10.1. The average molecular weight is 290 g/mol. The van der Waals surface area contributed by atoms with Crippen LogP contribution in [0.4, 0.5) is 5.13 Å². The van der Waals surface area contributed by atoms with E-state index in [1.165, 1.54) is 23.1 Å². The molecule has 2 atom stereocenters. The van der Waals surface area contributed by atoms with Crippen molar-refractivity contribution in [3.8, 4) is 6.07 Å². The van der Waals surface area contributed by atoms with Crippen molar-refractivity contribution in [1.82, 2.24) is 10.2 Å². The summed E-state index contributed by atoms with van der Waals surface area (Å²) in [6.07, 6.45) is 0.172. The highest BCUT2D eigenvalue weighted by Crippen LogP contribution is 2.42. The Morgan fingerprint density at radius 3 is 3.00 bits per heavy atom. The minimum atomic E-state index is -0.585. The maximum atomic E-state index is 10.3. The number of benzene rings is 1. The molecular weight excluding hydrogens is 280 g/mol. The van der Waals surface area contributed by atoms with E-state index in [1.807, 2.05) is 6.07 Å². The van der Waals surface area contributed by atoms with Gasteiger partial charge in [-0.3, -0.25) is 0 Å². The SMILES string of the molecule is N#Cc1ccc2c(c1)[C@H](O)[C@H](Sc1nnc(N)s1)C2. The van der Waals surface area contributed by atoms with Crippen LogP contribution >= 0.6 is 23.1 Å². The molecule has 5 nitrogen and oxygen atoms in total. The molecule has 0 radical (unpaired) electrons. The maximum Gasteiger partial charge on any atom is 0.203 e. The van der Waals surface area contributed by atoms with Gasteiger partial charge >= 0.3 is 0 Å². The summed E-state index contributed by atoms with van der Waals surface area (Å²) in [4.78, 5) is 0. The molecule has 0 fully saturated rings. The predicted octanol–water partition coefficient (Wildman–Crippen LogP) is 1.74. The molecule has 7 heteroatoms. The summed E-state index contributed by atoms with van der Waals surface area (Å²) in [5.74, 6) is 0. The zero-order valence-corrected chi connectivity index (χ0v) is 11.4. The van der Waals surface area contributed by atoms with Gasteiger partial charge in [0.15, 0.2) is 4.34 Å². The molecule has 0 aliphatic heterocycles. The lowest BCUT2D eigenvalue weighted by Gasteiger charge is -2.12. The van der Waals surface area contributed by atoms with E-state index in [0.717, 1.165) is 21.9 Å². The number of aliphatic hydroxyl groups is 1. The van der Waals surface area contributed by atoms with Crippen LogP contribution in [0.15, 0.2) is 22.5 Å². The molecule has 0 saturated carbocycles. The predicted molar refractivity (Wildman–Crippen MR) is 73.8 cm³/mol. The fourth-order valence-corrected chi connectivity index (χ4v) is 4.20. The van der Waals surface area contributed by atoms with Crippen molar-refractivity contribution in [2.45, 2.75) is 22.1 Å². The van der Waals surface area contributed by atoms with Crippen molar-refractivity contribution in [2.24, 2.45) is 0 Å². The monoisotopic (exact) mass is 290 g/mol. The topological polar surface area (TPSA) is 95.8 Å². The molecule has 1 heterocycles. The van der Waals surface area contributed by atoms with Gasteiger partial charge in [0.05, 0.1) is 17.7 Å². The number of nitrogens with zero attached hydrogens (tertiary/aromatic N) is 3. The number of nitrogens with two attached hydrogens (primary N) is 1. The molecular formula is C12H10N4OS2. The van der Waals surface area contributed by atoms with Gasteiger partial charge in [-0.25, -0.2) is 0 Å². The Balaban J connectivity index is 1.83. The van der Waals surface area contributed by atoms with Gasteiger partial charge in [-0.1, -0.05) is 29.2 Å². The number of hydrogen-bond acceptors (Lipinski definition) is 7. The zero-order chi connectivity index (χ0) is 13.4. The smallest absolute Gasteiger partial charge is 0.203 e. The molecule has 19 heavy (non-hydrogen) atoms. The van der Waals surface area contributed by atoms with E-state index in [-0.39, 0.29) is 5.25 Å². The molecule has 3 rings (SSSR count). The highest BCUT2D eigenvalue weighted by molar-refractivity contribution is 8.01. The number of hydrogen-bond donors (Lipinski definition) is 2. The lowest BCUT2D eigenvalue weighted by molar-refractivity contribution is 0.185. The van der Waals surface area contributed by atoms with Crippen LogP contribution in [-0.4, -0.2) is 20.6 Å². The summed E-state index contributed by atoms with van der Waals surface area (Å²) in [6.45, 7) is 0. The summed E-state index contributed by atoms with van der Waals surface area (Å²) >= 11 is 2.80. The van der Waals surface area contributed by atoms with E-state index in [1.54, 1.807) is 12.1 Å². The highest BCUT2D eigenvalue weighted by atomic mass is 32.2. The van der Waals surface area contributed by atoms with E-state index < -0.39 is 6.10 Å². The minimum Gasteiger partial charge on any atom is -0.387 e. The Labute approximate surface area is 118 Å². The summed E-state index contributed by atoms with van der Waals surface area (Å²) < 4.78 is 0.759. The van der Waals surface area contributed by atoms with Crippen LogP contribution in [-0.2, 0) is 6.42 Å². The molecule has 96 valence electrons. The van der Waals surface area contributed by atoms with Crippen LogP contribution in [0.3, 0.4) is 0 Å². The minimum absolute atomic E-state index is 0.00343. The van der Waals surface area contributed by atoms with Gasteiger partial charge in [-0.2, -0.15) is 5.26 Å². The fourth-order valence-electron chi connectivity index (χ4n) is 2.16. The first-order valence-electron chi connectivity index (χ1n) is 5.64. The van der Waals surface area contributed by atoms with Gasteiger partial charge < -0.3 is 10.8 Å². The molecule has 1 aromatic carbocycles. The zero-order valence-electron chi connectivity index (χ0n) is 9.78. The van der Waals surface area contributed by atoms with Crippen molar-refractivity contribution in [2.75, 3.05) is 5.73 Å². The molecule has 0 spiro atoms. The van der Waals surface area contributed by atoms with Gasteiger partial charge in [0.1, 0.15) is 0 Å². The van der Waals surface area contributed by atoms with Gasteiger partial charge in [0, 0.05) is 5.25 Å². The summed E-state index contributed by atoms with van der Waals surface area (Å²) in [5.41, 5.74) is 8.04. The largest absolute Gasteiger partial charge is 0.387 e. The van der Waals surface area contributed by atoms with E-state index in [0.29, 0.717) is 10.7 Å². The molecule has 1 aliphatic carbocycles. The number of aliphatic hydroxyl groups excluding tert-OH is 1. The van der Waals surface area contributed by atoms with Crippen LogP contribution < -0.4 is 5.73 Å². The van der Waals surface area contributed by atoms with Crippen molar-refractivity contribution >= 4 is 28.2 Å². The van der Waals surface area contributed by atoms with E-state index >= 15 is 0 Å². The second-order valence-electron chi connectivity index (χ2n) is 4.24. The van der Waals surface area contributed by atoms with Gasteiger partial charge in [0.25, 0.3) is 0 Å². The first-order chi connectivity index (χ1) is 9.17. The first-order valence-corrected chi connectivity index (χ1v) is 7.33. The van der Waals surface area contributed by atoms with E-state index in [4.69, 9.17) is 11.0 Å².